The van der Waals surface area contributed by atoms with Gasteiger partial charge < -0.3 is 24.7 Å². The molecule has 32 heavy (non-hydrogen) atoms. The number of amides is 2. The first-order valence-corrected chi connectivity index (χ1v) is 10.7. The van der Waals surface area contributed by atoms with E-state index in [9.17, 15) is 9.59 Å². The highest BCUT2D eigenvalue weighted by Gasteiger charge is 2.26. The number of fused-ring (bicyclic) bond motifs is 1. The Hall–Kier alpha value is -2.94. The van der Waals surface area contributed by atoms with E-state index in [0.29, 0.717) is 29.6 Å². The summed E-state index contributed by atoms with van der Waals surface area (Å²) in [6.45, 7) is 4.80. The van der Waals surface area contributed by atoms with Crippen molar-refractivity contribution in [2.75, 3.05) is 31.8 Å². The van der Waals surface area contributed by atoms with Crippen LogP contribution in [0.5, 0.6) is 0 Å². The molecule has 0 spiro atoms. The number of halogens is 1. The number of nitrogens with one attached hydrogen (secondary N) is 2. The Labute approximate surface area is 190 Å². The number of methoxy groups -OCH3 is 1. The van der Waals surface area contributed by atoms with Crippen molar-refractivity contribution >= 4 is 40.1 Å². The van der Waals surface area contributed by atoms with Crippen molar-refractivity contribution in [2.24, 2.45) is 0 Å². The summed E-state index contributed by atoms with van der Waals surface area (Å²) in [6, 6.07) is 10.2. The van der Waals surface area contributed by atoms with E-state index in [0.717, 1.165) is 22.3 Å². The van der Waals surface area contributed by atoms with Gasteiger partial charge in [-0.1, -0.05) is 11.6 Å². The van der Waals surface area contributed by atoms with Crippen molar-refractivity contribution in [2.45, 2.75) is 26.0 Å². The third-order valence-electron chi connectivity index (χ3n) is 5.62. The molecule has 0 bridgehead atoms. The average molecular weight is 457 g/mol. The zero-order valence-corrected chi connectivity index (χ0v) is 18.9. The van der Waals surface area contributed by atoms with Crippen molar-refractivity contribution in [1.82, 2.24) is 15.3 Å². The summed E-state index contributed by atoms with van der Waals surface area (Å²) in [6.07, 6.45) is -0.332. The average Bonchev–Trinajstić information content (AvgIpc) is 3.20. The number of benzene rings is 2. The van der Waals surface area contributed by atoms with Gasteiger partial charge in [-0.15, -0.1) is 0 Å². The number of hydrogen-bond acceptors (Lipinski definition) is 5. The minimum atomic E-state index is -0.500. The highest BCUT2D eigenvalue weighted by molar-refractivity contribution is 6.31. The zero-order chi connectivity index (χ0) is 22.8. The molecule has 3 aromatic rings. The summed E-state index contributed by atoms with van der Waals surface area (Å²) in [5, 5.41) is 3.62. The minimum Gasteiger partial charge on any atom is -0.379 e. The van der Waals surface area contributed by atoms with E-state index in [4.69, 9.17) is 21.1 Å². The molecule has 1 aliphatic rings. The van der Waals surface area contributed by atoms with Crippen molar-refractivity contribution in [3.05, 3.63) is 58.4 Å². The molecule has 2 aromatic carbocycles. The molecular weight excluding hydrogens is 432 g/mol. The van der Waals surface area contributed by atoms with E-state index < -0.39 is 6.04 Å². The number of rotatable bonds is 6. The van der Waals surface area contributed by atoms with Gasteiger partial charge in [0.1, 0.15) is 18.5 Å². The molecule has 0 saturated carbocycles. The molecule has 1 fully saturated rings. The minimum absolute atomic E-state index is 0.0704. The predicted molar refractivity (Wildman–Crippen MR) is 122 cm³/mol. The molecule has 1 saturated heterocycles. The summed E-state index contributed by atoms with van der Waals surface area (Å²) in [5.74, 6) is 0.230. The molecule has 168 valence electrons. The lowest BCUT2D eigenvalue weighted by molar-refractivity contribution is -0.125. The van der Waals surface area contributed by atoms with Gasteiger partial charge in [0.05, 0.1) is 23.7 Å². The van der Waals surface area contributed by atoms with Crippen molar-refractivity contribution < 1.29 is 19.1 Å². The van der Waals surface area contributed by atoms with Crippen LogP contribution in [0.15, 0.2) is 36.4 Å². The van der Waals surface area contributed by atoms with E-state index >= 15 is 0 Å². The van der Waals surface area contributed by atoms with Gasteiger partial charge in [0.15, 0.2) is 0 Å². The van der Waals surface area contributed by atoms with Crippen molar-refractivity contribution in [3.8, 4) is 0 Å². The smallest absolute Gasteiger partial charge is 0.253 e. The number of aromatic amines is 1. The number of carbonyl (C=O) groups is 2. The molecule has 4 rings (SSSR count). The fourth-order valence-corrected chi connectivity index (χ4v) is 3.96. The number of ether oxygens (including phenoxy) is 2. The first-order valence-electron chi connectivity index (χ1n) is 10.3. The molecular formula is C23H25ClN4O4. The Kier molecular flexibility index (Phi) is 6.45. The van der Waals surface area contributed by atoms with Crippen LogP contribution in [0, 0.1) is 6.92 Å². The number of aromatic nitrogens is 2. The first kappa shape index (κ1) is 22.3. The van der Waals surface area contributed by atoms with Crippen LogP contribution in [0.4, 0.5) is 5.69 Å². The Morgan fingerprint density at radius 3 is 2.84 bits per heavy atom. The van der Waals surface area contributed by atoms with Crippen molar-refractivity contribution in [3.63, 3.8) is 0 Å². The number of hydrogen-bond donors (Lipinski definition) is 2. The second kappa shape index (κ2) is 9.28. The highest BCUT2D eigenvalue weighted by atomic mass is 35.5. The lowest BCUT2D eigenvalue weighted by Gasteiger charge is -2.28. The van der Waals surface area contributed by atoms with Crippen LogP contribution in [-0.4, -0.2) is 54.8 Å². The largest absolute Gasteiger partial charge is 0.379 e. The maximum Gasteiger partial charge on any atom is 0.253 e. The molecule has 2 amide bonds. The molecule has 8 nitrogen and oxygen atoms in total. The Morgan fingerprint density at radius 1 is 1.31 bits per heavy atom. The van der Waals surface area contributed by atoms with E-state index in [1.165, 1.54) is 0 Å². The van der Waals surface area contributed by atoms with Gasteiger partial charge in [-0.2, -0.15) is 0 Å². The Balaban J connectivity index is 1.58. The number of anilines is 1. The summed E-state index contributed by atoms with van der Waals surface area (Å²) in [5.41, 5.74) is 3.64. The lowest BCUT2D eigenvalue weighted by Crippen LogP contribution is -2.42. The quantitative estimate of drug-likeness (QED) is 0.592. The Morgan fingerprint density at radius 2 is 2.12 bits per heavy atom. The van der Waals surface area contributed by atoms with Crippen LogP contribution in [0.2, 0.25) is 5.02 Å². The zero-order valence-electron chi connectivity index (χ0n) is 18.1. The summed E-state index contributed by atoms with van der Waals surface area (Å²) < 4.78 is 10.7. The number of imidazole rings is 1. The molecule has 2 unspecified atom stereocenters. The molecule has 9 heteroatoms. The van der Waals surface area contributed by atoms with E-state index in [2.05, 4.69) is 15.3 Å². The van der Waals surface area contributed by atoms with E-state index in [-0.39, 0.29) is 24.5 Å². The second-order valence-electron chi connectivity index (χ2n) is 7.77. The number of aryl methyl sites for hydroxylation is 1. The van der Waals surface area contributed by atoms with Gasteiger partial charge in [0, 0.05) is 29.9 Å². The van der Waals surface area contributed by atoms with Crippen LogP contribution in [0.25, 0.3) is 11.0 Å². The third kappa shape index (κ3) is 4.48. The molecule has 2 atom stereocenters. The maximum atomic E-state index is 13.1. The van der Waals surface area contributed by atoms with Gasteiger partial charge in [0.2, 0.25) is 0 Å². The predicted octanol–water partition coefficient (Wildman–Crippen LogP) is 3.39. The van der Waals surface area contributed by atoms with Crippen LogP contribution in [0.3, 0.4) is 0 Å². The molecule has 1 aliphatic heterocycles. The summed E-state index contributed by atoms with van der Waals surface area (Å²) in [4.78, 5) is 34.8. The molecule has 0 radical (unpaired) electrons. The summed E-state index contributed by atoms with van der Waals surface area (Å²) in [7, 11) is 1.58. The maximum absolute atomic E-state index is 13.1. The first-order chi connectivity index (χ1) is 15.4. The molecule has 2 N–H and O–H groups in total. The van der Waals surface area contributed by atoms with Crippen LogP contribution in [-0.2, 0) is 14.3 Å². The van der Waals surface area contributed by atoms with Gasteiger partial charge >= 0.3 is 0 Å². The molecule has 2 heterocycles. The SMILES string of the molecule is COC(C)C(NC(=O)c1ccc(N2CCOCC2=O)c(C)c1)c1nc2ccc(Cl)cc2[nH]1. The number of H-pyrrole nitrogens is 1. The number of nitrogens with zero attached hydrogens (tertiary/aromatic N) is 2. The fourth-order valence-electron chi connectivity index (χ4n) is 3.79. The van der Waals surface area contributed by atoms with E-state index in [1.807, 2.05) is 19.9 Å². The van der Waals surface area contributed by atoms with Gasteiger partial charge in [-0.05, 0) is 55.8 Å². The fraction of sp³-hybridized carbons (Fsp3) is 0.348. The summed E-state index contributed by atoms with van der Waals surface area (Å²) >= 11 is 6.08. The van der Waals surface area contributed by atoms with Crippen LogP contribution in [0.1, 0.15) is 34.7 Å². The lowest BCUT2D eigenvalue weighted by atomic mass is 10.1. The van der Waals surface area contributed by atoms with Gasteiger partial charge in [0.25, 0.3) is 11.8 Å². The van der Waals surface area contributed by atoms with Crippen LogP contribution >= 0.6 is 11.6 Å². The van der Waals surface area contributed by atoms with Crippen molar-refractivity contribution in [1.29, 1.82) is 0 Å². The van der Waals surface area contributed by atoms with Gasteiger partial charge in [-0.3, -0.25) is 9.59 Å². The standard InChI is InChI=1S/C23H25ClN4O4/c1-13-10-15(4-7-19(13)28-8-9-32-12-20(28)29)23(30)27-21(14(2)31-3)22-25-17-6-5-16(24)11-18(17)26-22/h4-7,10-11,14,21H,8-9,12H2,1-3H3,(H,25,26)(H,27,30). The second-order valence-corrected chi connectivity index (χ2v) is 8.21. The normalized spacial score (nSPS) is 16.2. The van der Waals surface area contributed by atoms with E-state index in [1.54, 1.807) is 42.3 Å². The Bertz CT molecular complexity index is 1160. The highest BCUT2D eigenvalue weighted by Crippen LogP contribution is 2.25. The number of morpholine rings is 1. The number of carbonyl (C=O) groups excluding carboxylic acids is 2. The van der Waals surface area contributed by atoms with Crippen LogP contribution < -0.4 is 10.2 Å². The monoisotopic (exact) mass is 456 g/mol. The topological polar surface area (TPSA) is 96.6 Å². The van der Waals surface area contributed by atoms with Gasteiger partial charge in [-0.25, -0.2) is 4.98 Å². The molecule has 1 aromatic heterocycles. The third-order valence-corrected chi connectivity index (χ3v) is 5.86. The molecule has 0 aliphatic carbocycles.